The predicted molar refractivity (Wildman–Crippen MR) is 94.7 cm³/mol. The third kappa shape index (κ3) is 4.13. The molecule has 0 aliphatic rings. The van der Waals surface area contributed by atoms with Crippen LogP contribution < -0.4 is 4.74 Å². The van der Waals surface area contributed by atoms with Crippen molar-refractivity contribution >= 4 is 22.8 Å². The van der Waals surface area contributed by atoms with Gasteiger partial charge in [-0.05, 0) is 32.9 Å². The van der Waals surface area contributed by atoms with Crippen molar-refractivity contribution in [1.82, 2.24) is 4.57 Å². The van der Waals surface area contributed by atoms with Crippen LogP contribution >= 0.6 is 0 Å². The fourth-order valence-corrected chi connectivity index (χ4v) is 2.17. The van der Waals surface area contributed by atoms with Gasteiger partial charge >= 0.3 is 5.97 Å². The van der Waals surface area contributed by atoms with E-state index in [2.05, 4.69) is 0 Å². The third-order valence-electron chi connectivity index (χ3n) is 3.65. The Bertz CT molecular complexity index is 806. The number of rotatable bonds is 3. The molecule has 0 amide bonds. The zero-order valence-corrected chi connectivity index (χ0v) is 15.5. The molecule has 0 saturated carbocycles. The van der Waals surface area contributed by atoms with Crippen LogP contribution in [0.5, 0.6) is 11.5 Å². The summed E-state index contributed by atoms with van der Waals surface area (Å²) in [5, 5.41) is 10.9. The summed E-state index contributed by atoms with van der Waals surface area (Å²) in [4.78, 5) is 24.2. The summed E-state index contributed by atoms with van der Waals surface area (Å²) in [6.07, 6.45) is 1.67. The van der Waals surface area contributed by atoms with E-state index in [1.54, 1.807) is 39.1 Å². The van der Waals surface area contributed by atoms with E-state index in [0.717, 1.165) is 5.39 Å². The summed E-state index contributed by atoms with van der Waals surface area (Å²) in [7, 11) is 0. The van der Waals surface area contributed by atoms with Crippen LogP contribution in [0.25, 0.3) is 10.9 Å². The topological polar surface area (TPSA) is 77.8 Å². The molecule has 0 atom stereocenters. The molecule has 0 aliphatic carbocycles. The number of aromatic nitrogens is 1. The Kier molecular flexibility index (Phi) is 4.84. The predicted octanol–water partition coefficient (Wildman–Crippen LogP) is 3.96. The normalized spacial score (nSPS) is 12.2. The van der Waals surface area contributed by atoms with Gasteiger partial charge in [0.05, 0.1) is 10.9 Å². The van der Waals surface area contributed by atoms with Crippen molar-refractivity contribution in [3.05, 3.63) is 24.4 Å². The van der Waals surface area contributed by atoms with Crippen molar-refractivity contribution in [1.29, 1.82) is 0 Å². The number of ether oxygens (including phenoxy) is 2. The fraction of sp³-hybridized carbons (Fsp3) is 0.474. The lowest BCUT2D eigenvalue weighted by molar-refractivity contribution is -0.159. The molecule has 0 spiro atoms. The van der Waals surface area contributed by atoms with E-state index in [0.29, 0.717) is 5.52 Å². The van der Waals surface area contributed by atoms with Crippen LogP contribution in [-0.4, -0.2) is 28.3 Å². The third-order valence-corrected chi connectivity index (χ3v) is 3.65. The first-order valence-electron chi connectivity index (χ1n) is 8.10. The van der Waals surface area contributed by atoms with Crippen LogP contribution in [0.15, 0.2) is 24.4 Å². The Morgan fingerprint density at radius 1 is 1.08 bits per heavy atom. The van der Waals surface area contributed by atoms with E-state index in [-0.39, 0.29) is 24.2 Å². The van der Waals surface area contributed by atoms with Gasteiger partial charge in [0, 0.05) is 23.1 Å². The number of esters is 1. The average molecular weight is 347 g/mol. The minimum absolute atomic E-state index is 0.0744. The van der Waals surface area contributed by atoms with Gasteiger partial charge in [-0.1, -0.05) is 20.8 Å². The van der Waals surface area contributed by atoms with Crippen molar-refractivity contribution < 1.29 is 24.2 Å². The fourth-order valence-electron chi connectivity index (χ4n) is 2.17. The maximum atomic E-state index is 12.5. The van der Waals surface area contributed by atoms with E-state index in [9.17, 15) is 14.7 Å². The molecular weight excluding hydrogens is 322 g/mol. The first-order chi connectivity index (χ1) is 11.4. The quantitative estimate of drug-likeness (QED) is 0.672. The van der Waals surface area contributed by atoms with Gasteiger partial charge in [0.2, 0.25) is 12.7 Å². The lowest BCUT2D eigenvalue weighted by atomic mass is 9.95. The molecule has 136 valence electrons. The number of phenols is 1. The second-order valence-electron chi connectivity index (χ2n) is 8.06. The molecule has 2 aromatic rings. The number of fused-ring (bicyclic) bond motifs is 1. The number of hydrogen-bond acceptors (Lipinski definition) is 5. The van der Waals surface area contributed by atoms with Gasteiger partial charge < -0.3 is 14.6 Å². The van der Waals surface area contributed by atoms with Crippen molar-refractivity contribution in [2.75, 3.05) is 6.79 Å². The smallest absolute Gasteiger partial charge is 0.314 e. The molecule has 0 aliphatic heterocycles. The number of aromatic hydroxyl groups is 1. The zero-order chi connectivity index (χ0) is 19.0. The Hall–Kier alpha value is -2.50. The molecular formula is C19H25NO5. The second-order valence-corrected chi connectivity index (χ2v) is 8.06. The number of phenolic OH excluding ortho intramolecular Hbond substituents is 1. The summed E-state index contributed by atoms with van der Waals surface area (Å²) >= 11 is 0. The summed E-state index contributed by atoms with van der Waals surface area (Å²) in [5.74, 6) is -0.402. The van der Waals surface area contributed by atoms with Crippen molar-refractivity contribution in [3.8, 4) is 11.5 Å². The zero-order valence-electron chi connectivity index (χ0n) is 15.5. The lowest BCUT2D eigenvalue weighted by Gasteiger charge is -2.18. The van der Waals surface area contributed by atoms with Crippen LogP contribution in [0.1, 0.15) is 46.3 Å². The van der Waals surface area contributed by atoms with Crippen molar-refractivity contribution in [3.63, 3.8) is 0 Å². The van der Waals surface area contributed by atoms with Crippen LogP contribution in [0.4, 0.5) is 0 Å². The van der Waals surface area contributed by atoms with Gasteiger partial charge in [0.1, 0.15) is 0 Å². The molecule has 1 aromatic heterocycles. The minimum Gasteiger partial charge on any atom is -0.504 e. The van der Waals surface area contributed by atoms with Gasteiger partial charge in [0.25, 0.3) is 0 Å². The molecule has 0 fully saturated rings. The van der Waals surface area contributed by atoms with Crippen molar-refractivity contribution in [2.45, 2.75) is 41.5 Å². The van der Waals surface area contributed by atoms with Gasteiger partial charge in [-0.2, -0.15) is 0 Å². The Labute approximate surface area is 147 Å². The van der Waals surface area contributed by atoms with Crippen LogP contribution in [0.3, 0.4) is 0 Å². The van der Waals surface area contributed by atoms with Crippen LogP contribution in [0, 0.1) is 10.8 Å². The number of hydrogen-bond donors (Lipinski definition) is 1. The molecule has 25 heavy (non-hydrogen) atoms. The number of carbonyl (C=O) groups excluding carboxylic acids is 2. The molecule has 6 heteroatoms. The number of nitrogens with zero attached hydrogens (tertiary/aromatic N) is 1. The molecule has 1 N–H and O–H groups in total. The largest absolute Gasteiger partial charge is 0.504 e. The summed E-state index contributed by atoms with van der Waals surface area (Å²) in [6, 6.07) is 4.86. The molecule has 0 bridgehead atoms. The highest BCUT2D eigenvalue weighted by Gasteiger charge is 2.25. The van der Waals surface area contributed by atoms with E-state index in [1.807, 2.05) is 20.8 Å². The van der Waals surface area contributed by atoms with Crippen molar-refractivity contribution in [2.24, 2.45) is 10.8 Å². The van der Waals surface area contributed by atoms with E-state index < -0.39 is 16.8 Å². The van der Waals surface area contributed by atoms with Gasteiger partial charge in [-0.3, -0.25) is 14.2 Å². The Morgan fingerprint density at radius 3 is 2.28 bits per heavy atom. The monoisotopic (exact) mass is 347 g/mol. The van der Waals surface area contributed by atoms with Gasteiger partial charge in [-0.15, -0.1) is 0 Å². The molecule has 2 rings (SSSR count). The Morgan fingerprint density at radius 2 is 1.72 bits per heavy atom. The molecule has 0 radical (unpaired) electrons. The number of carbonyl (C=O) groups is 2. The molecule has 1 heterocycles. The van der Waals surface area contributed by atoms with Gasteiger partial charge in [-0.25, -0.2) is 0 Å². The standard InChI is InChI=1S/C19H25NO5/c1-18(2,3)16(22)20-8-7-12-9-15(14(21)10-13(12)20)24-11-25-17(23)19(4,5)6/h7-10,21H,11H2,1-6H3. The van der Waals surface area contributed by atoms with E-state index in [4.69, 9.17) is 9.47 Å². The van der Waals surface area contributed by atoms with Crippen LogP contribution in [0.2, 0.25) is 0 Å². The highest BCUT2D eigenvalue weighted by atomic mass is 16.7. The molecule has 0 saturated heterocycles. The maximum Gasteiger partial charge on any atom is 0.314 e. The highest BCUT2D eigenvalue weighted by Crippen LogP contribution is 2.33. The molecule has 1 aromatic carbocycles. The maximum absolute atomic E-state index is 12.5. The lowest BCUT2D eigenvalue weighted by Crippen LogP contribution is -2.26. The number of benzene rings is 1. The Balaban J connectivity index is 2.21. The van der Waals surface area contributed by atoms with Crippen LogP contribution in [-0.2, 0) is 9.53 Å². The summed E-state index contributed by atoms with van der Waals surface area (Å²) in [5.41, 5.74) is -0.575. The SMILES string of the molecule is CC(C)(C)C(=O)OCOc1cc2ccn(C(=O)C(C)(C)C)c2cc1O. The first-order valence-corrected chi connectivity index (χ1v) is 8.10. The first kappa shape index (κ1) is 18.8. The second kappa shape index (κ2) is 6.43. The summed E-state index contributed by atoms with van der Waals surface area (Å²) in [6.45, 7) is 10.4. The molecule has 6 nitrogen and oxygen atoms in total. The highest BCUT2D eigenvalue weighted by molar-refractivity contribution is 5.96. The average Bonchev–Trinajstić information content (AvgIpc) is 2.87. The molecule has 0 unspecified atom stereocenters. The van der Waals surface area contributed by atoms with E-state index in [1.165, 1.54) is 10.6 Å². The van der Waals surface area contributed by atoms with Gasteiger partial charge in [0.15, 0.2) is 11.5 Å². The summed E-state index contributed by atoms with van der Waals surface area (Å²) < 4.78 is 11.9. The minimum atomic E-state index is -0.625. The van der Waals surface area contributed by atoms with E-state index >= 15 is 0 Å².